The van der Waals surface area contributed by atoms with Gasteiger partial charge in [-0.25, -0.2) is 4.79 Å². The molecule has 1 aromatic rings. The Morgan fingerprint density at radius 2 is 1.90 bits per heavy atom. The SMILES string of the molecule is CC1(CO)CN(Cc2ccccc2)CC2CN(C(=O)NC3CCCCC3)CCN21. The van der Waals surface area contributed by atoms with Crippen LogP contribution in [0.4, 0.5) is 4.79 Å². The molecule has 2 N–H and O–H groups in total. The lowest BCUT2D eigenvalue weighted by molar-refractivity contribution is -0.0878. The zero-order chi connectivity index (χ0) is 20.3. The second kappa shape index (κ2) is 9.02. The molecule has 1 saturated carbocycles. The number of nitrogens with one attached hydrogen (secondary N) is 1. The molecule has 0 bridgehead atoms. The highest BCUT2D eigenvalue weighted by Gasteiger charge is 2.45. The van der Waals surface area contributed by atoms with E-state index in [1.807, 2.05) is 11.0 Å². The lowest BCUT2D eigenvalue weighted by atomic mass is 9.91. The van der Waals surface area contributed by atoms with Gasteiger partial charge in [0.2, 0.25) is 0 Å². The van der Waals surface area contributed by atoms with Crippen LogP contribution in [0.5, 0.6) is 0 Å². The van der Waals surface area contributed by atoms with Crippen LogP contribution in [-0.4, -0.2) is 82.8 Å². The molecule has 6 nitrogen and oxygen atoms in total. The first-order chi connectivity index (χ1) is 14.1. The van der Waals surface area contributed by atoms with Crippen molar-refractivity contribution in [3.8, 4) is 0 Å². The van der Waals surface area contributed by atoms with E-state index in [9.17, 15) is 9.90 Å². The van der Waals surface area contributed by atoms with E-state index in [4.69, 9.17) is 0 Å². The molecule has 0 aromatic heterocycles. The van der Waals surface area contributed by atoms with Crippen molar-refractivity contribution in [2.24, 2.45) is 0 Å². The third-order valence-corrected chi connectivity index (χ3v) is 7.02. The van der Waals surface area contributed by atoms with Gasteiger partial charge in [-0.2, -0.15) is 0 Å². The van der Waals surface area contributed by atoms with Gasteiger partial charge in [0, 0.05) is 51.4 Å². The molecule has 2 atom stereocenters. The standard InChI is InChI=1S/C23H36N4O2/c1-23(18-28)17-25(14-19-8-4-2-5-9-19)15-21-16-26(12-13-27(21)23)22(29)24-20-10-6-3-7-11-20/h2,4-5,8-9,20-21,28H,3,6-7,10-18H2,1H3,(H,24,29). The monoisotopic (exact) mass is 400 g/mol. The van der Waals surface area contributed by atoms with Crippen molar-refractivity contribution in [3.63, 3.8) is 0 Å². The average Bonchev–Trinajstić information content (AvgIpc) is 2.75. The Kier molecular flexibility index (Phi) is 6.42. The summed E-state index contributed by atoms with van der Waals surface area (Å²) in [4.78, 5) is 19.8. The highest BCUT2D eigenvalue weighted by Crippen LogP contribution is 2.29. The van der Waals surface area contributed by atoms with Crippen LogP contribution in [0.2, 0.25) is 0 Å². The number of carbonyl (C=O) groups excluding carboxylic acids is 1. The molecule has 2 heterocycles. The number of amides is 2. The van der Waals surface area contributed by atoms with Gasteiger partial charge in [-0.15, -0.1) is 0 Å². The topological polar surface area (TPSA) is 59.1 Å². The molecule has 0 spiro atoms. The highest BCUT2D eigenvalue weighted by atomic mass is 16.3. The summed E-state index contributed by atoms with van der Waals surface area (Å²) < 4.78 is 0. The Morgan fingerprint density at radius 1 is 1.14 bits per heavy atom. The van der Waals surface area contributed by atoms with Crippen molar-refractivity contribution in [1.82, 2.24) is 20.0 Å². The first-order valence-corrected chi connectivity index (χ1v) is 11.3. The number of nitrogens with zero attached hydrogens (tertiary/aromatic N) is 3. The number of aliphatic hydroxyl groups is 1. The van der Waals surface area contributed by atoms with E-state index in [2.05, 4.69) is 46.3 Å². The van der Waals surface area contributed by atoms with Crippen molar-refractivity contribution in [2.45, 2.75) is 63.2 Å². The molecule has 2 unspecified atom stereocenters. The molecule has 2 saturated heterocycles. The summed E-state index contributed by atoms with van der Waals surface area (Å²) >= 11 is 0. The van der Waals surface area contributed by atoms with Crippen LogP contribution in [0.1, 0.15) is 44.6 Å². The van der Waals surface area contributed by atoms with Crippen molar-refractivity contribution in [1.29, 1.82) is 0 Å². The van der Waals surface area contributed by atoms with Gasteiger partial charge >= 0.3 is 6.03 Å². The number of hydrogen-bond acceptors (Lipinski definition) is 4. The highest BCUT2D eigenvalue weighted by molar-refractivity contribution is 5.74. The van der Waals surface area contributed by atoms with E-state index in [-0.39, 0.29) is 24.2 Å². The molecule has 3 aliphatic rings. The minimum Gasteiger partial charge on any atom is -0.394 e. The zero-order valence-corrected chi connectivity index (χ0v) is 17.7. The third kappa shape index (κ3) is 4.76. The summed E-state index contributed by atoms with van der Waals surface area (Å²) in [7, 11) is 0. The molecule has 29 heavy (non-hydrogen) atoms. The number of hydrogen-bond donors (Lipinski definition) is 2. The largest absolute Gasteiger partial charge is 0.394 e. The molecular weight excluding hydrogens is 364 g/mol. The van der Waals surface area contributed by atoms with Crippen molar-refractivity contribution in [3.05, 3.63) is 35.9 Å². The molecule has 3 fully saturated rings. The lowest BCUT2D eigenvalue weighted by Crippen LogP contribution is -2.72. The van der Waals surface area contributed by atoms with Gasteiger partial charge < -0.3 is 15.3 Å². The summed E-state index contributed by atoms with van der Waals surface area (Å²) in [6, 6.07) is 11.2. The maximum absolute atomic E-state index is 12.9. The fourth-order valence-electron chi connectivity index (χ4n) is 5.46. The predicted octanol–water partition coefficient (Wildman–Crippen LogP) is 2.28. The summed E-state index contributed by atoms with van der Waals surface area (Å²) in [6.45, 7) is 7.27. The predicted molar refractivity (Wildman–Crippen MR) is 115 cm³/mol. The van der Waals surface area contributed by atoms with Crippen LogP contribution < -0.4 is 5.32 Å². The fraction of sp³-hybridized carbons (Fsp3) is 0.696. The minimum atomic E-state index is -0.260. The number of urea groups is 1. The van der Waals surface area contributed by atoms with Gasteiger partial charge in [0.25, 0.3) is 0 Å². The van der Waals surface area contributed by atoms with Gasteiger partial charge in [-0.05, 0) is 25.3 Å². The van der Waals surface area contributed by atoms with Crippen LogP contribution in [0.3, 0.4) is 0 Å². The van der Waals surface area contributed by atoms with Gasteiger partial charge in [0.15, 0.2) is 0 Å². The van der Waals surface area contributed by atoms with Gasteiger partial charge in [-0.3, -0.25) is 9.80 Å². The number of carbonyl (C=O) groups is 1. The third-order valence-electron chi connectivity index (χ3n) is 7.02. The van der Waals surface area contributed by atoms with Crippen LogP contribution in [-0.2, 0) is 6.54 Å². The Labute approximate surface area is 174 Å². The fourth-order valence-corrected chi connectivity index (χ4v) is 5.46. The summed E-state index contributed by atoms with van der Waals surface area (Å²) in [6.07, 6.45) is 5.98. The van der Waals surface area contributed by atoms with E-state index >= 15 is 0 Å². The Morgan fingerprint density at radius 3 is 2.62 bits per heavy atom. The van der Waals surface area contributed by atoms with E-state index in [0.717, 1.165) is 52.1 Å². The lowest BCUT2D eigenvalue weighted by Gasteiger charge is -2.56. The molecule has 2 aliphatic heterocycles. The quantitative estimate of drug-likeness (QED) is 0.814. The second-order valence-corrected chi connectivity index (χ2v) is 9.39. The maximum atomic E-state index is 12.9. The zero-order valence-electron chi connectivity index (χ0n) is 17.7. The maximum Gasteiger partial charge on any atom is 0.317 e. The number of fused-ring (bicyclic) bond motifs is 1. The summed E-state index contributed by atoms with van der Waals surface area (Å²) in [5.74, 6) is 0. The van der Waals surface area contributed by atoms with Crippen molar-refractivity contribution in [2.75, 3.05) is 39.3 Å². The number of benzene rings is 1. The van der Waals surface area contributed by atoms with Gasteiger partial charge in [0.05, 0.1) is 12.1 Å². The van der Waals surface area contributed by atoms with E-state index < -0.39 is 0 Å². The average molecular weight is 401 g/mol. The summed E-state index contributed by atoms with van der Waals surface area (Å²) in [5.41, 5.74) is 1.04. The molecular formula is C23H36N4O2. The molecule has 160 valence electrons. The Bertz CT molecular complexity index is 679. The Balaban J connectivity index is 1.41. The Hall–Kier alpha value is -1.63. The number of rotatable bonds is 4. The first-order valence-electron chi connectivity index (χ1n) is 11.3. The number of aliphatic hydroxyl groups excluding tert-OH is 1. The normalized spacial score (nSPS) is 29.4. The van der Waals surface area contributed by atoms with Crippen LogP contribution >= 0.6 is 0 Å². The van der Waals surface area contributed by atoms with E-state index in [1.165, 1.54) is 24.8 Å². The van der Waals surface area contributed by atoms with Crippen LogP contribution in [0.25, 0.3) is 0 Å². The van der Waals surface area contributed by atoms with E-state index in [1.54, 1.807) is 0 Å². The second-order valence-electron chi connectivity index (χ2n) is 9.39. The van der Waals surface area contributed by atoms with Gasteiger partial charge in [0.1, 0.15) is 0 Å². The summed E-state index contributed by atoms with van der Waals surface area (Å²) in [5, 5.41) is 13.5. The molecule has 1 aliphatic carbocycles. The van der Waals surface area contributed by atoms with Crippen molar-refractivity contribution < 1.29 is 9.90 Å². The smallest absolute Gasteiger partial charge is 0.317 e. The molecule has 2 amide bonds. The van der Waals surface area contributed by atoms with E-state index in [0.29, 0.717) is 6.04 Å². The number of piperazine rings is 2. The molecule has 6 heteroatoms. The van der Waals surface area contributed by atoms with Crippen molar-refractivity contribution >= 4 is 6.03 Å². The molecule has 4 rings (SSSR count). The molecule has 0 radical (unpaired) electrons. The van der Waals surface area contributed by atoms with Gasteiger partial charge in [-0.1, -0.05) is 49.6 Å². The minimum absolute atomic E-state index is 0.0995. The van der Waals surface area contributed by atoms with Crippen LogP contribution in [0.15, 0.2) is 30.3 Å². The van der Waals surface area contributed by atoms with Crippen LogP contribution in [0, 0.1) is 0 Å². The molecule has 1 aromatic carbocycles. The first kappa shape index (κ1) is 20.6.